The third-order valence-electron chi connectivity index (χ3n) is 4.17. The van der Waals surface area contributed by atoms with Crippen LogP contribution in [0.3, 0.4) is 0 Å². The lowest BCUT2D eigenvalue weighted by molar-refractivity contribution is 0.157. The van der Waals surface area contributed by atoms with Crippen LogP contribution in [0.15, 0.2) is 22.8 Å². The fourth-order valence-electron chi connectivity index (χ4n) is 3.21. The second kappa shape index (κ2) is 6.39. The molecule has 3 heteroatoms. The number of hydrogen-bond donors (Lipinski definition) is 1. The highest BCUT2D eigenvalue weighted by Crippen LogP contribution is 2.29. The van der Waals surface area contributed by atoms with Crippen molar-refractivity contribution >= 4 is 0 Å². The van der Waals surface area contributed by atoms with Crippen LogP contribution in [0.2, 0.25) is 0 Å². The van der Waals surface area contributed by atoms with Crippen molar-refractivity contribution in [2.75, 3.05) is 20.6 Å². The molecule has 18 heavy (non-hydrogen) atoms. The Hall–Kier alpha value is -0.800. The predicted octanol–water partition coefficient (Wildman–Crippen LogP) is 2.74. The zero-order valence-electron chi connectivity index (χ0n) is 11.9. The van der Waals surface area contributed by atoms with E-state index in [4.69, 9.17) is 4.42 Å². The van der Waals surface area contributed by atoms with Crippen LogP contribution in [0.4, 0.5) is 0 Å². The normalized spacial score (nSPS) is 28.8. The second-order valence-corrected chi connectivity index (χ2v) is 5.85. The molecule has 3 unspecified atom stereocenters. The molecular weight excluding hydrogens is 224 g/mol. The van der Waals surface area contributed by atoms with Crippen LogP contribution in [-0.2, 0) is 6.54 Å². The van der Waals surface area contributed by atoms with Crippen LogP contribution >= 0.6 is 0 Å². The highest BCUT2D eigenvalue weighted by atomic mass is 16.3. The summed E-state index contributed by atoms with van der Waals surface area (Å²) in [4.78, 5) is 2.38. The molecule has 3 nitrogen and oxygen atoms in total. The molecule has 0 bridgehead atoms. The summed E-state index contributed by atoms with van der Waals surface area (Å²) >= 11 is 0. The fraction of sp³-hybridized carbons (Fsp3) is 0.733. The van der Waals surface area contributed by atoms with Gasteiger partial charge in [-0.15, -0.1) is 0 Å². The molecule has 0 amide bonds. The Balaban J connectivity index is 1.86. The first kappa shape index (κ1) is 13.6. The van der Waals surface area contributed by atoms with Crippen molar-refractivity contribution in [2.24, 2.45) is 11.8 Å². The van der Waals surface area contributed by atoms with Gasteiger partial charge in [-0.25, -0.2) is 0 Å². The maximum atomic E-state index is 5.41. The quantitative estimate of drug-likeness (QED) is 0.871. The van der Waals surface area contributed by atoms with E-state index < -0.39 is 0 Å². The number of rotatable bonds is 5. The molecular formula is C15H26N2O. The Morgan fingerprint density at radius 1 is 1.44 bits per heavy atom. The summed E-state index contributed by atoms with van der Waals surface area (Å²) in [6.45, 7) is 4.44. The summed E-state index contributed by atoms with van der Waals surface area (Å²) in [7, 11) is 4.29. The van der Waals surface area contributed by atoms with Gasteiger partial charge in [-0.2, -0.15) is 0 Å². The van der Waals surface area contributed by atoms with Crippen molar-refractivity contribution in [3.8, 4) is 0 Å². The lowest BCUT2D eigenvalue weighted by Crippen LogP contribution is -2.43. The highest BCUT2D eigenvalue weighted by Gasteiger charge is 2.28. The van der Waals surface area contributed by atoms with Gasteiger partial charge in [0.2, 0.25) is 0 Å². The predicted molar refractivity (Wildman–Crippen MR) is 74.4 cm³/mol. The summed E-state index contributed by atoms with van der Waals surface area (Å²) in [5.74, 6) is 2.69. The Bertz CT molecular complexity index is 336. The first-order chi connectivity index (χ1) is 8.69. The van der Waals surface area contributed by atoms with E-state index >= 15 is 0 Å². The smallest absolute Gasteiger partial charge is 0.117 e. The van der Waals surface area contributed by atoms with E-state index in [-0.39, 0.29) is 0 Å². The van der Waals surface area contributed by atoms with Gasteiger partial charge in [-0.1, -0.05) is 6.92 Å². The molecule has 0 spiro atoms. The maximum absolute atomic E-state index is 5.41. The molecule has 1 saturated carbocycles. The summed E-state index contributed by atoms with van der Waals surface area (Å²) in [6.07, 6.45) is 5.77. The first-order valence-electron chi connectivity index (χ1n) is 7.07. The summed E-state index contributed by atoms with van der Waals surface area (Å²) in [6, 6.07) is 4.69. The van der Waals surface area contributed by atoms with E-state index in [2.05, 4.69) is 37.3 Å². The molecule has 1 aliphatic carbocycles. The van der Waals surface area contributed by atoms with Gasteiger partial charge in [-0.05, 0) is 57.3 Å². The molecule has 0 aromatic carbocycles. The van der Waals surface area contributed by atoms with Crippen LogP contribution in [0.25, 0.3) is 0 Å². The standard InChI is InChI=1S/C15H26N2O/c1-12-6-7-15(16-2)13(9-12)10-17(3)11-14-5-4-8-18-14/h4-5,8,12-13,15-16H,6-7,9-11H2,1-3H3. The monoisotopic (exact) mass is 250 g/mol. The van der Waals surface area contributed by atoms with Crippen molar-refractivity contribution in [1.29, 1.82) is 0 Å². The third kappa shape index (κ3) is 3.59. The van der Waals surface area contributed by atoms with Crippen LogP contribution in [0.1, 0.15) is 31.9 Å². The molecule has 0 radical (unpaired) electrons. The minimum atomic E-state index is 0.681. The van der Waals surface area contributed by atoms with Crippen LogP contribution in [-0.4, -0.2) is 31.6 Å². The average Bonchev–Trinajstić information content (AvgIpc) is 2.82. The molecule has 1 fully saturated rings. The van der Waals surface area contributed by atoms with E-state index in [1.54, 1.807) is 6.26 Å². The molecule has 1 aromatic heterocycles. The fourth-order valence-corrected chi connectivity index (χ4v) is 3.21. The van der Waals surface area contributed by atoms with Crippen LogP contribution in [0, 0.1) is 11.8 Å². The van der Waals surface area contributed by atoms with Gasteiger partial charge in [0.05, 0.1) is 12.8 Å². The van der Waals surface area contributed by atoms with Crippen molar-refractivity contribution in [3.05, 3.63) is 24.2 Å². The van der Waals surface area contributed by atoms with Crippen molar-refractivity contribution in [2.45, 2.75) is 38.8 Å². The second-order valence-electron chi connectivity index (χ2n) is 5.85. The minimum absolute atomic E-state index is 0.681. The van der Waals surface area contributed by atoms with Gasteiger partial charge < -0.3 is 9.73 Å². The molecule has 1 N–H and O–H groups in total. The molecule has 1 heterocycles. The first-order valence-corrected chi connectivity index (χ1v) is 7.07. The van der Waals surface area contributed by atoms with Gasteiger partial charge in [0.25, 0.3) is 0 Å². The van der Waals surface area contributed by atoms with Crippen molar-refractivity contribution in [1.82, 2.24) is 10.2 Å². The topological polar surface area (TPSA) is 28.4 Å². The minimum Gasteiger partial charge on any atom is -0.468 e. The van der Waals surface area contributed by atoms with E-state index in [0.29, 0.717) is 6.04 Å². The Morgan fingerprint density at radius 3 is 2.94 bits per heavy atom. The lowest BCUT2D eigenvalue weighted by Gasteiger charge is -2.36. The molecule has 0 saturated heterocycles. The van der Waals surface area contributed by atoms with Crippen molar-refractivity contribution < 1.29 is 4.42 Å². The van der Waals surface area contributed by atoms with Gasteiger partial charge in [0.15, 0.2) is 0 Å². The number of nitrogens with one attached hydrogen (secondary N) is 1. The Kier molecular flexibility index (Phi) is 4.84. The van der Waals surface area contributed by atoms with Gasteiger partial charge in [-0.3, -0.25) is 4.90 Å². The molecule has 1 aliphatic rings. The van der Waals surface area contributed by atoms with Crippen LogP contribution < -0.4 is 5.32 Å². The largest absolute Gasteiger partial charge is 0.468 e. The van der Waals surface area contributed by atoms with E-state index in [9.17, 15) is 0 Å². The van der Waals surface area contributed by atoms with E-state index in [1.807, 2.05) is 6.07 Å². The zero-order chi connectivity index (χ0) is 13.0. The van der Waals surface area contributed by atoms with Crippen molar-refractivity contribution in [3.63, 3.8) is 0 Å². The Morgan fingerprint density at radius 2 is 2.28 bits per heavy atom. The summed E-state index contributed by atoms with van der Waals surface area (Å²) in [5, 5.41) is 3.49. The molecule has 3 atom stereocenters. The van der Waals surface area contributed by atoms with E-state index in [1.165, 1.54) is 19.3 Å². The molecule has 0 aliphatic heterocycles. The van der Waals surface area contributed by atoms with Gasteiger partial charge in [0, 0.05) is 12.6 Å². The highest BCUT2D eigenvalue weighted by molar-refractivity contribution is 4.98. The number of nitrogens with zero attached hydrogens (tertiary/aromatic N) is 1. The van der Waals surface area contributed by atoms with Crippen LogP contribution in [0.5, 0.6) is 0 Å². The molecule has 102 valence electrons. The summed E-state index contributed by atoms with van der Waals surface area (Å²) in [5.41, 5.74) is 0. The SMILES string of the molecule is CNC1CCC(C)CC1CN(C)Cc1ccco1. The lowest BCUT2D eigenvalue weighted by atomic mass is 9.78. The Labute approximate surface area is 111 Å². The van der Waals surface area contributed by atoms with Gasteiger partial charge in [0.1, 0.15) is 5.76 Å². The number of hydrogen-bond acceptors (Lipinski definition) is 3. The third-order valence-corrected chi connectivity index (χ3v) is 4.17. The average molecular weight is 250 g/mol. The molecule has 1 aromatic rings. The maximum Gasteiger partial charge on any atom is 0.117 e. The van der Waals surface area contributed by atoms with Gasteiger partial charge >= 0.3 is 0 Å². The number of furan rings is 1. The zero-order valence-corrected chi connectivity index (χ0v) is 11.9. The molecule has 2 rings (SSSR count). The summed E-state index contributed by atoms with van der Waals surface area (Å²) < 4.78 is 5.41. The van der Waals surface area contributed by atoms with E-state index in [0.717, 1.165) is 30.7 Å².